The predicted molar refractivity (Wildman–Crippen MR) is 120 cm³/mol. The number of ether oxygens (including phenoxy) is 2. The fourth-order valence-corrected chi connectivity index (χ4v) is 3.78. The van der Waals surface area contributed by atoms with Crippen molar-refractivity contribution < 1.29 is 27.4 Å². The normalized spacial score (nSPS) is 11.2. The van der Waals surface area contributed by atoms with E-state index in [0.29, 0.717) is 34.6 Å². The Morgan fingerprint density at radius 3 is 2.55 bits per heavy atom. The Kier molecular flexibility index (Phi) is 7.64. The molecule has 0 saturated carbocycles. The van der Waals surface area contributed by atoms with Crippen molar-refractivity contribution >= 4 is 23.4 Å². The quantitative estimate of drug-likeness (QED) is 0.348. The molecule has 0 fully saturated rings. The van der Waals surface area contributed by atoms with Crippen LogP contribution in [0.15, 0.2) is 60.3 Å². The zero-order valence-corrected chi connectivity index (χ0v) is 18.7. The zero-order chi connectivity index (χ0) is 24.0. The number of amides is 1. The number of nitrogens with one attached hydrogen (secondary N) is 1. The average Bonchev–Trinajstić information content (AvgIpc) is 3.19. The van der Waals surface area contributed by atoms with Crippen LogP contribution in [0.25, 0.3) is 11.4 Å². The molecular formula is C22H21F3N4O3S. The molecule has 1 N–H and O–H groups in total. The fraction of sp³-hybridized carbons (Fsp3) is 0.227. The molecule has 0 radical (unpaired) electrons. The molecule has 3 rings (SSSR count). The van der Waals surface area contributed by atoms with E-state index in [1.807, 2.05) is 0 Å². The van der Waals surface area contributed by atoms with Crippen LogP contribution in [0.1, 0.15) is 5.56 Å². The lowest BCUT2D eigenvalue weighted by molar-refractivity contribution is -0.137. The third-order valence-corrected chi connectivity index (χ3v) is 5.48. The summed E-state index contributed by atoms with van der Waals surface area (Å²) in [5.74, 6) is 0.827. The Balaban J connectivity index is 1.78. The number of carbonyl (C=O) groups is 1. The monoisotopic (exact) mass is 478 g/mol. The zero-order valence-electron chi connectivity index (χ0n) is 17.8. The molecule has 0 atom stereocenters. The first-order valence-electron chi connectivity index (χ1n) is 9.63. The van der Waals surface area contributed by atoms with E-state index in [0.717, 1.165) is 17.8 Å². The van der Waals surface area contributed by atoms with Crippen LogP contribution in [0.5, 0.6) is 11.5 Å². The van der Waals surface area contributed by atoms with E-state index in [4.69, 9.17) is 9.47 Å². The number of nitrogens with zero attached hydrogens (tertiary/aromatic N) is 3. The van der Waals surface area contributed by atoms with Gasteiger partial charge in [0.05, 0.1) is 31.2 Å². The van der Waals surface area contributed by atoms with Gasteiger partial charge >= 0.3 is 6.18 Å². The van der Waals surface area contributed by atoms with Crippen LogP contribution < -0.4 is 14.8 Å². The Hall–Kier alpha value is -3.47. The number of hydrogen-bond donors (Lipinski definition) is 1. The Labute approximate surface area is 192 Å². The lowest BCUT2D eigenvalue weighted by Crippen LogP contribution is -2.18. The molecule has 1 aromatic heterocycles. The molecule has 174 valence electrons. The second-order valence-electron chi connectivity index (χ2n) is 6.66. The largest absolute Gasteiger partial charge is 0.493 e. The van der Waals surface area contributed by atoms with E-state index in [1.165, 1.54) is 32.4 Å². The molecule has 33 heavy (non-hydrogen) atoms. The van der Waals surface area contributed by atoms with Gasteiger partial charge in [-0.25, -0.2) is 0 Å². The molecule has 0 aliphatic carbocycles. The summed E-state index contributed by atoms with van der Waals surface area (Å²) in [5.41, 5.74) is -0.500. The maximum atomic E-state index is 13.1. The number of methoxy groups -OCH3 is 2. The number of rotatable bonds is 9. The summed E-state index contributed by atoms with van der Waals surface area (Å²) in [4.78, 5) is 12.4. The van der Waals surface area contributed by atoms with Gasteiger partial charge in [-0.3, -0.25) is 9.36 Å². The van der Waals surface area contributed by atoms with E-state index < -0.39 is 17.6 Å². The summed E-state index contributed by atoms with van der Waals surface area (Å²) < 4.78 is 51.8. The van der Waals surface area contributed by atoms with Gasteiger partial charge in [0.2, 0.25) is 5.91 Å². The van der Waals surface area contributed by atoms with E-state index in [1.54, 1.807) is 28.8 Å². The van der Waals surface area contributed by atoms with Gasteiger partial charge in [0.15, 0.2) is 22.5 Å². The molecule has 1 heterocycles. The van der Waals surface area contributed by atoms with E-state index in [-0.39, 0.29) is 11.4 Å². The molecule has 2 aromatic carbocycles. The molecule has 0 unspecified atom stereocenters. The summed E-state index contributed by atoms with van der Waals surface area (Å²) in [6.07, 6.45) is -2.92. The van der Waals surface area contributed by atoms with Crippen LogP contribution >= 0.6 is 11.8 Å². The SMILES string of the molecule is C=CCn1c(SCC(=O)Nc2ccccc2C(F)(F)F)nnc1-c1ccc(OC)c(OC)c1. The first kappa shape index (κ1) is 24.2. The highest BCUT2D eigenvalue weighted by atomic mass is 32.2. The molecule has 0 aliphatic heterocycles. The summed E-state index contributed by atoms with van der Waals surface area (Å²) in [6, 6.07) is 10.1. The number of aromatic nitrogens is 3. The van der Waals surface area contributed by atoms with Crippen LogP contribution in [-0.2, 0) is 17.5 Å². The molecule has 0 bridgehead atoms. The topological polar surface area (TPSA) is 78.3 Å². The Morgan fingerprint density at radius 2 is 1.88 bits per heavy atom. The van der Waals surface area contributed by atoms with Crippen LogP contribution in [0.3, 0.4) is 0 Å². The molecule has 0 aliphatic rings. The molecule has 7 nitrogen and oxygen atoms in total. The summed E-state index contributed by atoms with van der Waals surface area (Å²) in [7, 11) is 3.05. The summed E-state index contributed by atoms with van der Waals surface area (Å²) >= 11 is 1.05. The Bertz CT molecular complexity index is 1150. The minimum atomic E-state index is -4.57. The van der Waals surface area contributed by atoms with Crippen molar-refractivity contribution in [2.45, 2.75) is 17.9 Å². The smallest absolute Gasteiger partial charge is 0.418 e. The number of allylic oxidation sites excluding steroid dienone is 1. The van der Waals surface area contributed by atoms with Crippen molar-refractivity contribution in [1.29, 1.82) is 0 Å². The minimum Gasteiger partial charge on any atom is -0.493 e. The van der Waals surface area contributed by atoms with Crippen LogP contribution in [0.4, 0.5) is 18.9 Å². The third-order valence-electron chi connectivity index (χ3n) is 4.51. The van der Waals surface area contributed by atoms with Crippen molar-refractivity contribution in [2.24, 2.45) is 0 Å². The maximum absolute atomic E-state index is 13.1. The summed E-state index contributed by atoms with van der Waals surface area (Å²) in [5, 5.41) is 11.1. The molecular weight excluding hydrogens is 457 g/mol. The first-order valence-corrected chi connectivity index (χ1v) is 10.6. The lowest BCUT2D eigenvalue weighted by Gasteiger charge is -2.13. The average molecular weight is 478 g/mol. The number of para-hydroxylation sites is 1. The molecule has 1 amide bonds. The maximum Gasteiger partial charge on any atom is 0.418 e. The highest BCUT2D eigenvalue weighted by Gasteiger charge is 2.33. The van der Waals surface area contributed by atoms with Crippen molar-refractivity contribution in [1.82, 2.24) is 14.8 Å². The fourth-order valence-electron chi connectivity index (χ4n) is 3.03. The van der Waals surface area contributed by atoms with Gasteiger partial charge in [-0.1, -0.05) is 30.0 Å². The molecule has 0 saturated heterocycles. The summed E-state index contributed by atoms with van der Waals surface area (Å²) in [6.45, 7) is 4.10. The van der Waals surface area contributed by atoms with Gasteiger partial charge in [-0.05, 0) is 30.3 Å². The number of hydrogen-bond acceptors (Lipinski definition) is 6. The van der Waals surface area contributed by atoms with E-state index >= 15 is 0 Å². The number of alkyl halides is 3. The van der Waals surface area contributed by atoms with Crippen molar-refractivity contribution in [3.8, 4) is 22.9 Å². The molecule has 0 spiro atoms. The minimum absolute atomic E-state index is 0.159. The second-order valence-corrected chi connectivity index (χ2v) is 7.60. The van der Waals surface area contributed by atoms with Crippen LogP contribution in [-0.4, -0.2) is 40.6 Å². The number of halogens is 3. The molecule has 3 aromatic rings. The van der Waals surface area contributed by atoms with E-state index in [2.05, 4.69) is 22.1 Å². The van der Waals surface area contributed by atoms with Gasteiger partial charge in [0, 0.05) is 12.1 Å². The first-order chi connectivity index (χ1) is 15.8. The van der Waals surface area contributed by atoms with Crippen LogP contribution in [0, 0.1) is 0 Å². The van der Waals surface area contributed by atoms with Gasteiger partial charge in [0.1, 0.15) is 0 Å². The standard InChI is InChI=1S/C22H21F3N4O3S/c1-4-11-29-20(14-9-10-17(31-2)18(12-14)32-3)27-28-21(29)33-13-19(30)26-16-8-6-5-7-15(16)22(23,24)25/h4-10,12H,1,11,13H2,2-3H3,(H,26,30). The van der Waals surface area contributed by atoms with Crippen molar-refractivity contribution in [2.75, 3.05) is 25.3 Å². The third kappa shape index (κ3) is 5.67. The highest BCUT2D eigenvalue weighted by Crippen LogP contribution is 2.35. The highest BCUT2D eigenvalue weighted by molar-refractivity contribution is 7.99. The van der Waals surface area contributed by atoms with Gasteiger partial charge in [-0.15, -0.1) is 16.8 Å². The number of anilines is 1. The van der Waals surface area contributed by atoms with Gasteiger partial charge < -0.3 is 14.8 Å². The molecule has 11 heteroatoms. The van der Waals surface area contributed by atoms with Crippen molar-refractivity contribution in [3.63, 3.8) is 0 Å². The van der Waals surface area contributed by atoms with E-state index in [9.17, 15) is 18.0 Å². The number of benzene rings is 2. The van der Waals surface area contributed by atoms with Crippen molar-refractivity contribution in [3.05, 3.63) is 60.7 Å². The lowest BCUT2D eigenvalue weighted by atomic mass is 10.1. The van der Waals surface area contributed by atoms with Gasteiger partial charge in [-0.2, -0.15) is 13.2 Å². The number of thioether (sulfide) groups is 1. The predicted octanol–water partition coefficient (Wildman–Crippen LogP) is 4.90. The second kappa shape index (κ2) is 10.4. The number of carbonyl (C=O) groups excluding carboxylic acids is 1. The van der Waals surface area contributed by atoms with Crippen LogP contribution in [0.2, 0.25) is 0 Å². The Morgan fingerprint density at radius 1 is 1.15 bits per heavy atom. The van der Waals surface area contributed by atoms with Gasteiger partial charge in [0.25, 0.3) is 0 Å².